The number of nitrogens with one attached hydrogen (secondary N) is 2. The first kappa shape index (κ1) is 20.6. The lowest BCUT2D eigenvalue weighted by atomic mass is 10.1. The molecule has 0 atom stereocenters. The van der Waals surface area contributed by atoms with E-state index in [0.717, 1.165) is 18.2 Å². The van der Waals surface area contributed by atoms with Crippen LogP contribution in [0.25, 0.3) is 0 Å². The fraction of sp³-hybridized carbons (Fsp3) is 0.333. The van der Waals surface area contributed by atoms with Gasteiger partial charge in [0.2, 0.25) is 0 Å². The molecule has 0 radical (unpaired) electrons. The van der Waals surface area contributed by atoms with E-state index in [4.69, 9.17) is 0 Å². The SMILES string of the molecule is Cc1nnc(C)n1NC(O)(Nn1c(C)nnc1C)c1ccc([N+](=O)[O-])cc1[N+](=O)[O-]. The molecule has 15 nitrogen and oxygen atoms in total. The van der Waals surface area contributed by atoms with Crippen LogP contribution in [-0.4, -0.2) is 44.7 Å². The van der Waals surface area contributed by atoms with E-state index < -0.39 is 27.1 Å². The second kappa shape index (κ2) is 7.36. The maximum Gasteiger partial charge on any atom is 0.286 e. The Labute approximate surface area is 168 Å². The number of non-ortho nitro benzene ring substituents is 1. The van der Waals surface area contributed by atoms with Crippen LogP contribution in [0.2, 0.25) is 0 Å². The zero-order chi connectivity index (χ0) is 22.2. The quantitative estimate of drug-likeness (QED) is 0.275. The summed E-state index contributed by atoms with van der Waals surface area (Å²) in [6, 6.07) is 2.90. The van der Waals surface area contributed by atoms with Crippen molar-refractivity contribution >= 4 is 11.4 Å². The normalized spacial score (nSPS) is 11.4. The lowest BCUT2D eigenvalue weighted by Crippen LogP contribution is -2.52. The van der Waals surface area contributed by atoms with E-state index in [1.165, 1.54) is 9.35 Å². The summed E-state index contributed by atoms with van der Waals surface area (Å²) in [6.45, 7) is 6.42. The summed E-state index contributed by atoms with van der Waals surface area (Å²) in [7, 11) is 0. The second-order valence-electron chi connectivity index (χ2n) is 6.41. The Morgan fingerprint density at radius 2 is 1.30 bits per heavy atom. The van der Waals surface area contributed by atoms with Gasteiger partial charge in [-0.15, -0.1) is 20.4 Å². The second-order valence-corrected chi connectivity index (χ2v) is 6.41. The average Bonchev–Trinajstić information content (AvgIpc) is 3.17. The summed E-state index contributed by atoms with van der Waals surface area (Å²) >= 11 is 0. The lowest BCUT2D eigenvalue weighted by Gasteiger charge is -2.33. The van der Waals surface area contributed by atoms with Crippen LogP contribution in [-0.2, 0) is 5.85 Å². The Kier molecular flexibility index (Phi) is 5.05. The lowest BCUT2D eigenvalue weighted by molar-refractivity contribution is -0.395. The molecule has 3 aromatic rings. The highest BCUT2D eigenvalue weighted by Gasteiger charge is 2.39. The van der Waals surface area contributed by atoms with Crippen molar-refractivity contribution < 1.29 is 15.0 Å². The molecule has 0 aliphatic rings. The molecule has 0 saturated heterocycles. The minimum absolute atomic E-state index is 0.293. The van der Waals surface area contributed by atoms with E-state index >= 15 is 0 Å². The maximum atomic E-state index is 11.7. The summed E-state index contributed by atoms with van der Waals surface area (Å²) in [5.74, 6) is -0.916. The molecule has 15 heteroatoms. The first-order valence-corrected chi connectivity index (χ1v) is 8.53. The van der Waals surface area contributed by atoms with Crippen molar-refractivity contribution in [1.29, 1.82) is 0 Å². The van der Waals surface area contributed by atoms with E-state index in [-0.39, 0.29) is 5.56 Å². The van der Waals surface area contributed by atoms with Gasteiger partial charge in [-0.2, -0.15) is 0 Å². The number of hydrogen-bond donors (Lipinski definition) is 3. The monoisotopic (exact) mass is 418 g/mol. The van der Waals surface area contributed by atoms with E-state index in [2.05, 4.69) is 31.2 Å². The van der Waals surface area contributed by atoms with Crippen LogP contribution < -0.4 is 10.9 Å². The van der Waals surface area contributed by atoms with Gasteiger partial charge in [-0.25, -0.2) is 9.35 Å². The minimum Gasteiger partial charge on any atom is -0.348 e. The Morgan fingerprint density at radius 3 is 1.67 bits per heavy atom. The van der Waals surface area contributed by atoms with Gasteiger partial charge in [-0.1, -0.05) is 0 Å². The molecule has 0 aliphatic carbocycles. The highest BCUT2D eigenvalue weighted by molar-refractivity contribution is 5.52. The number of aryl methyl sites for hydroxylation is 4. The van der Waals surface area contributed by atoms with Crippen molar-refractivity contribution in [3.8, 4) is 0 Å². The topological polar surface area (TPSA) is 192 Å². The number of benzene rings is 1. The van der Waals surface area contributed by atoms with Crippen LogP contribution in [0.4, 0.5) is 11.4 Å². The van der Waals surface area contributed by atoms with Crippen LogP contribution in [0.5, 0.6) is 0 Å². The number of nitrogens with zero attached hydrogens (tertiary/aromatic N) is 8. The summed E-state index contributed by atoms with van der Waals surface area (Å²) in [4.78, 5) is 21.2. The minimum atomic E-state index is -2.34. The molecule has 0 bridgehead atoms. The fourth-order valence-electron chi connectivity index (χ4n) is 2.82. The first-order chi connectivity index (χ1) is 14.0. The van der Waals surface area contributed by atoms with Gasteiger partial charge in [0.15, 0.2) is 0 Å². The Hall–Kier alpha value is -4.14. The van der Waals surface area contributed by atoms with Crippen molar-refractivity contribution in [1.82, 2.24) is 29.7 Å². The first-order valence-electron chi connectivity index (χ1n) is 8.53. The van der Waals surface area contributed by atoms with Gasteiger partial charge in [-0.05, 0) is 33.8 Å². The van der Waals surface area contributed by atoms with Crippen molar-refractivity contribution in [2.24, 2.45) is 0 Å². The Balaban J connectivity index is 2.21. The van der Waals surface area contributed by atoms with Crippen LogP contribution in [0.3, 0.4) is 0 Å². The van der Waals surface area contributed by atoms with Crippen LogP contribution in [0, 0.1) is 47.9 Å². The molecule has 3 N–H and O–H groups in total. The van der Waals surface area contributed by atoms with E-state index in [9.17, 15) is 25.3 Å². The van der Waals surface area contributed by atoms with Gasteiger partial charge in [0, 0.05) is 6.07 Å². The molecule has 3 rings (SSSR count). The van der Waals surface area contributed by atoms with Gasteiger partial charge >= 0.3 is 0 Å². The average molecular weight is 418 g/mol. The predicted molar refractivity (Wildman–Crippen MR) is 101 cm³/mol. The number of aliphatic hydroxyl groups is 1. The highest BCUT2D eigenvalue weighted by atomic mass is 16.6. The van der Waals surface area contributed by atoms with Gasteiger partial charge in [0.05, 0.1) is 15.9 Å². The van der Waals surface area contributed by atoms with Crippen molar-refractivity contribution in [2.75, 3.05) is 10.9 Å². The number of aromatic nitrogens is 6. The predicted octanol–water partition coefficient (Wildman–Crippen LogP) is 0.510. The van der Waals surface area contributed by atoms with Crippen LogP contribution in [0.1, 0.15) is 28.9 Å². The van der Waals surface area contributed by atoms with Crippen molar-refractivity contribution in [2.45, 2.75) is 33.5 Å². The molecule has 0 amide bonds. The summed E-state index contributed by atoms with van der Waals surface area (Å²) < 4.78 is 2.63. The number of nitro benzene ring substituents is 2. The Morgan fingerprint density at radius 1 is 0.867 bits per heavy atom. The number of hydrogen-bond acceptors (Lipinski definition) is 11. The molecule has 2 aromatic heterocycles. The number of rotatable bonds is 7. The third kappa shape index (κ3) is 3.60. The standard InChI is InChI=1S/C15H18N10O5/c1-8-16-17-9(2)22(8)20-15(26,21-23-10(3)18-19-11(23)4)13-6-5-12(24(27)28)7-14(13)25(29)30/h5-7,20-21,26H,1-4H3. The molecule has 158 valence electrons. The Bertz CT molecular complexity index is 1050. The smallest absolute Gasteiger partial charge is 0.286 e. The largest absolute Gasteiger partial charge is 0.348 e. The molecule has 0 saturated carbocycles. The molecule has 1 aromatic carbocycles. The van der Waals surface area contributed by atoms with Gasteiger partial charge in [0.1, 0.15) is 28.9 Å². The maximum absolute atomic E-state index is 11.7. The molecule has 0 aliphatic heterocycles. The molecular formula is C15H18N10O5. The zero-order valence-electron chi connectivity index (χ0n) is 16.4. The third-order valence-corrected chi connectivity index (χ3v) is 4.30. The molecule has 30 heavy (non-hydrogen) atoms. The van der Waals surface area contributed by atoms with E-state index in [1.54, 1.807) is 27.7 Å². The van der Waals surface area contributed by atoms with E-state index in [0.29, 0.717) is 23.3 Å². The van der Waals surface area contributed by atoms with Crippen molar-refractivity contribution in [3.05, 3.63) is 67.3 Å². The molecular weight excluding hydrogens is 400 g/mol. The summed E-state index contributed by atoms with van der Waals surface area (Å²) in [5, 5.41) is 49.8. The summed E-state index contributed by atoms with van der Waals surface area (Å²) in [5.41, 5.74) is 3.95. The fourth-order valence-corrected chi connectivity index (χ4v) is 2.82. The van der Waals surface area contributed by atoms with Crippen molar-refractivity contribution in [3.63, 3.8) is 0 Å². The van der Waals surface area contributed by atoms with Gasteiger partial charge in [0.25, 0.3) is 17.2 Å². The number of nitro groups is 2. The molecule has 2 heterocycles. The van der Waals surface area contributed by atoms with Gasteiger partial charge in [-0.3, -0.25) is 31.1 Å². The van der Waals surface area contributed by atoms with Crippen LogP contribution in [0.15, 0.2) is 18.2 Å². The molecule has 0 spiro atoms. The summed E-state index contributed by atoms with van der Waals surface area (Å²) in [6.07, 6.45) is 0. The molecule has 0 fully saturated rings. The van der Waals surface area contributed by atoms with Gasteiger partial charge < -0.3 is 5.11 Å². The van der Waals surface area contributed by atoms with E-state index in [1.807, 2.05) is 0 Å². The van der Waals surface area contributed by atoms with Crippen LogP contribution >= 0.6 is 0 Å². The molecule has 0 unspecified atom stereocenters. The highest BCUT2D eigenvalue weighted by Crippen LogP contribution is 2.32. The zero-order valence-corrected chi connectivity index (χ0v) is 16.4. The third-order valence-electron chi connectivity index (χ3n) is 4.30.